The molecule has 24 heavy (non-hydrogen) atoms. The summed E-state index contributed by atoms with van der Waals surface area (Å²) in [5.74, 6) is 0.989. The van der Waals surface area contributed by atoms with Crippen LogP contribution in [0.4, 0.5) is 0 Å². The average molecular weight is 334 g/mol. The number of benzene rings is 1. The van der Waals surface area contributed by atoms with Gasteiger partial charge in [-0.3, -0.25) is 4.90 Å². The molecule has 0 spiro atoms. The van der Waals surface area contributed by atoms with Crippen molar-refractivity contribution in [1.82, 2.24) is 9.80 Å². The highest BCUT2D eigenvalue weighted by Crippen LogP contribution is 2.19. The maximum absolute atomic E-state index is 6.34. The highest BCUT2D eigenvalue weighted by atomic mass is 16.5. The molecule has 1 unspecified atom stereocenters. The van der Waals surface area contributed by atoms with Gasteiger partial charge in [-0.2, -0.15) is 0 Å². The Bertz CT molecular complexity index is 418. The van der Waals surface area contributed by atoms with Gasteiger partial charge in [0.25, 0.3) is 0 Å². The fourth-order valence-corrected chi connectivity index (χ4v) is 3.31. The minimum atomic E-state index is 0.209. The third-order valence-electron chi connectivity index (χ3n) is 4.81. The number of ether oxygens (including phenoxy) is 1. The van der Waals surface area contributed by atoms with Crippen LogP contribution in [0.25, 0.3) is 0 Å². The second-order valence-corrected chi connectivity index (χ2v) is 6.75. The third-order valence-corrected chi connectivity index (χ3v) is 4.81. The maximum Gasteiger partial charge on any atom is 0.152 e. The molecule has 2 rings (SSSR count). The van der Waals surface area contributed by atoms with Crippen molar-refractivity contribution >= 4 is 0 Å². The first-order valence-corrected chi connectivity index (χ1v) is 9.71. The summed E-state index contributed by atoms with van der Waals surface area (Å²) in [5, 5.41) is 0. The molecule has 1 saturated heterocycles. The van der Waals surface area contributed by atoms with E-state index in [2.05, 4.69) is 28.9 Å². The van der Waals surface area contributed by atoms with E-state index >= 15 is 0 Å². The molecule has 0 radical (unpaired) electrons. The van der Waals surface area contributed by atoms with E-state index in [1.165, 1.54) is 25.7 Å². The summed E-state index contributed by atoms with van der Waals surface area (Å²) >= 11 is 0. The van der Waals surface area contributed by atoms with Gasteiger partial charge in [-0.1, -0.05) is 44.4 Å². The van der Waals surface area contributed by atoms with Crippen molar-refractivity contribution in [3.63, 3.8) is 0 Å². The molecule has 0 amide bonds. The molecule has 1 aliphatic rings. The summed E-state index contributed by atoms with van der Waals surface area (Å²) in [6.45, 7) is 8.62. The van der Waals surface area contributed by atoms with Gasteiger partial charge in [0.15, 0.2) is 6.23 Å². The topological polar surface area (TPSA) is 41.7 Å². The first kappa shape index (κ1) is 19.2. The zero-order chi connectivity index (χ0) is 17.0. The Balaban J connectivity index is 1.85. The van der Waals surface area contributed by atoms with E-state index in [-0.39, 0.29) is 6.23 Å². The van der Waals surface area contributed by atoms with E-state index in [1.807, 2.05) is 18.2 Å². The number of piperazine rings is 1. The predicted octanol–water partition coefficient (Wildman–Crippen LogP) is 3.33. The molecular weight excluding hydrogens is 298 g/mol. The number of nitrogens with two attached hydrogens (primary N) is 1. The Morgan fingerprint density at radius 3 is 2.42 bits per heavy atom. The first-order chi connectivity index (χ1) is 11.8. The zero-order valence-corrected chi connectivity index (χ0v) is 15.3. The number of hydrogen-bond donors (Lipinski definition) is 1. The Kier molecular flexibility index (Phi) is 9.18. The molecule has 1 aromatic carbocycles. The number of unbranched alkanes of at least 4 members (excludes halogenated alkanes) is 3. The molecule has 0 bridgehead atoms. The molecule has 1 aromatic rings. The van der Waals surface area contributed by atoms with Crippen LogP contribution in [0.5, 0.6) is 5.75 Å². The van der Waals surface area contributed by atoms with E-state index in [4.69, 9.17) is 10.5 Å². The zero-order valence-electron chi connectivity index (χ0n) is 15.3. The molecule has 136 valence electrons. The highest BCUT2D eigenvalue weighted by molar-refractivity contribution is 5.21. The molecule has 4 heteroatoms. The van der Waals surface area contributed by atoms with Crippen LogP contribution in [0.3, 0.4) is 0 Å². The van der Waals surface area contributed by atoms with Crippen LogP contribution < -0.4 is 10.5 Å². The van der Waals surface area contributed by atoms with Crippen molar-refractivity contribution in [2.75, 3.05) is 39.3 Å². The van der Waals surface area contributed by atoms with Crippen LogP contribution in [0.2, 0.25) is 0 Å². The summed E-state index contributed by atoms with van der Waals surface area (Å²) in [4.78, 5) is 5.05. The number of para-hydroxylation sites is 1. The largest absolute Gasteiger partial charge is 0.475 e. The summed E-state index contributed by atoms with van der Waals surface area (Å²) in [7, 11) is 0. The van der Waals surface area contributed by atoms with Crippen LogP contribution in [0, 0.1) is 0 Å². The van der Waals surface area contributed by atoms with Crippen LogP contribution in [-0.4, -0.2) is 55.3 Å². The van der Waals surface area contributed by atoms with Gasteiger partial charge in [-0.15, -0.1) is 0 Å². The van der Waals surface area contributed by atoms with E-state index in [0.29, 0.717) is 0 Å². The quantitative estimate of drug-likeness (QED) is 0.631. The van der Waals surface area contributed by atoms with E-state index < -0.39 is 0 Å². The lowest BCUT2D eigenvalue weighted by molar-refractivity contribution is -0.0141. The minimum absolute atomic E-state index is 0.209. The van der Waals surface area contributed by atoms with Crippen LogP contribution in [0.15, 0.2) is 30.3 Å². The monoisotopic (exact) mass is 333 g/mol. The SMILES string of the molecule is CCCCCCC(Oc1ccccc1)N1CCN(CCCN)CC1. The molecule has 0 aromatic heterocycles. The Morgan fingerprint density at radius 2 is 1.75 bits per heavy atom. The van der Waals surface area contributed by atoms with E-state index in [0.717, 1.165) is 57.9 Å². The van der Waals surface area contributed by atoms with Gasteiger partial charge in [0.1, 0.15) is 5.75 Å². The summed E-state index contributed by atoms with van der Waals surface area (Å²) in [6, 6.07) is 10.3. The smallest absolute Gasteiger partial charge is 0.152 e. The number of nitrogens with zero attached hydrogens (tertiary/aromatic N) is 2. The lowest BCUT2D eigenvalue weighted by atomic mass is 10.1. The van der Waals surface area contributed by atoms with Crippen molar-refractivity contribution in [3.8, 4) is 5.75 Å². The van der Waals surface area contributed by atoms with Gasteiger partial charge in [0.2, 0.25) is 0 Å². The van der Waals surface area contributed by atoms with Crippen molar-refractivity contribution in [3.05, 3.63) is 30.3 Å². The highest BCUT2D eigenvalue weighted by Gasteiger charge is 2.24. The Labute approximate surface area is 148 Å². The lowest BCUT2D eigenvalue weighted by Crippen LogP contribution is -2.52. The lowest BCUT2D eigenvalue weighted by Gasteiger charge is -2.39. The van der Waals surface area contributed by atoms with Crippen LogP contribution in [-0.2, 0) is 0 Å². The Hall–Kier alpha value is -1.10. The van der Waals surface area contributed by atoms with Gasteiger partial charge in [-0.05, 0) is 44.5 Å². The normalized spacial score (nSPS) is 17.8. The van der Waals surface area contributed by atoms with E-state index in [1.54, 1.807) is 0 Å². The molecule has 0 saturated carbocycles. The Morgan fingerprint density at radius 1 is 1.00 bits per heavy atom. The van der Waals surface area contributed by atoms with Crippen molar-refractivity contribution < 1.29 is 4.74 Å². The molecule has 1 atom stereocenters. The van der Waals surface area contributed by atoms with Gasteiger partial charge in [0, 0.05) is 26.2 Å². The molecule has 1 fully saturated rings. The number of rotatable bonds is 11. The molecular formula is C20H35N3O. The molecule has 1 aliphatic heterocycles. The van der Waals surface area contributed by atoms with Crippen LogP contribution in [0.1, 0.15) is 45.4 Å². The van der Waals surface area contributed by atoms with E-state index in [9.17, 15) is 0 Å². The first-order valence-electron chi connectivity index (χ1n) is 9.71. The van der Waals surface area contributed by atoms with Gasteiger partial charge >= 0.3 is 0 Å². The predicted molar refractivity (Wildman–Crippen MR) is 101 cm³/mol. The van der Waals surface area contributed by atoms with Gasteiger partial charge < -0.3 is 15.4 Å². The van der Waals surface area contributed by atoms with Crippen molar-refractivity contribution in [2.45, 2.75) is 51.7 Å². The summed E-state index contributed by atoms with van der Waals surface area (Å²) in [6.07, 6.45) is 7.59. The van der Waals surface area contributed by atoms with Gasteiger partial charge in [-0.25, -0.2) is 0 Å². The minimum Gasteiger partial charge on any atom is -0.475 e. The second kappa shape index (κ2) is 11.5. The standard InChI is InChI=1S/C20H35N3O/c1-2-3-4-8-12-20(24-19-10-6-5-7-11-19)23-17-15-22(16-18-23)14-9-13-21/h5-7,10-11,20H,2-4,8-9,12-18,21H2,1H3. The maximum atomic E-state index is 6.34. The van der Waals surface area contributed by atoms with Crippen molar-refractivity contribution in [2.24, 2.45) is 5.73 Å². The fourth-order valence-electron chi connectivity index (χ4n) is 3.31. The second-order valence-electron chi connectivity index (χ2n) is 6.75. The van der Waals surface area contributed by atoms with Crippen molar-refractivity contribution in [1.29, 1.82) is 0 Å². The third kappa shape index (κ3) is 6.80. The van der Waals surface area contributed by atoms with Crippen LogP contribution >= 0.6 is 0 Å². The summed E-state index contributed by atoms with van der Waals surface area (Å²) in [5.41, 5.74) is 5.63. The fraction of sp³-hybridized carbons (Fsp3) is 0.700. The van der Waals surface area contributed by atoms with Gasteiger partial charge in [0.05, 0.1) is 0 Å². The average Bonchev–Trinajstić information content (AvgIpc) is 2.64. The molecule has 0 aliphatic carbocycles. The summed E-state index contributed by atoms with van der Waals surface area (Å²) < 4.78 is 6.34. The number of hydrogen-bond acceptors (Lipinski definition) is 4. The molecule has 2 N–H and O–H groups in total. The molecule has 4 nitrogen and oxygen atoms in total. The molecule has 1 heterocycles.